The molecule has 0 saturated heterocycles. The van der Waals surface area contributed by atoms with E-state index in [0.717, 1.165) is 18.2 Å². The average Bonchev–Trinajstić information content (AvgIpc) is 2.65. The van der Waals surface area contributed by atoms with Crippen molar-refractivity contribution in [2.45, 2.75) is 6.18 Å². The predicted octanol–water partition coefficient (Wildman–Crippen LogP) is 4.72. The third-order valence-electron chi connectivity index (χ3n) is 3.52. The Morgan fingerprint density at radius 2 is 1.79 bits per heavy atom. The van der Waals surface area contributed by atoms with Crippen LogP contribution in [0.15, 0.2) is 66.3 Å². The number of nitrogens with zero attached hydrogens (tertiary/aromatic N) is 2. The normalized spacial score (nSPS) is 11.9. The number of nitro benzene ring substituents is 1. The number of rotatable bonds is 5. The Morgan fingerprint density at radius 1 is 1.14 bits per heavy atom. The van der Waals surface area contributed by atoms with Crippen LogP contribution in [0, 0.1) is 21.4 Å². The lowest BCUT2D eigenvalue weighted by molar-refractivity contribution is -0.385. The molecule has 0 unspecified atom stereocenters. The zero-order valence-electron chi connectivity index (χ0n) is 14.1. The summed E-state index contributed by atoms with van der Waals surface area (Å²) >= 11 is 0. The van der Waals surface area contributed by atoms with Crippen LogP contribution in [-0.2, 0) is 11.0 Å². The molecule has 0 saturated carbocycles. The van der Waals surface area contributed by atoms with Gasteiger partial charge in [-0.3, -0.25) is 14.9 Å². The topological polar surface area (TPSA) is 96.0 Å². The number of hydrogen-bond donors (Lipinski definition) is 1. The number of hydrogen-bond acceptors (Lipinski definition) is 4. The maximum absolute atomic E-state index is 13.0. The van der Waals surface area contributed by atoms with Crippen LogP contribution in [0.5, 0.6) is 0 Å². The van der Waals surface area contributed by atoms with Crippen LogP contribution >= 0.6 is 0 Å². The number of nitriles is 1. The maximum Gasteiger partial charge on any atom is 0.418 e. The third-order valence-corrected chi connectivity index (χ3v) is 3.52. The Morgan fingerprint density at radius 3 is 2.43 bits per heavy atom. The van der Waals surface area contributed by atoms with E-state index in [4.69, 9.17) is 5.26 Å². The number of nitro groups is 1. The van der Waals surface area contributed by atoms with Gasteiger partial charge in [0, 0.05) is 6.07 Å². The van der Waals surface area contributed by atoms with Gasteiger partial charge < -0.3 is 5.32 Å². The molecule has 0 heterocycles. The van der Waals surface area contributed by atoms with E-state index in [1.165, 1.54) is 42.5 Å². The van der Waals surface area contributed by atoms with Gasteiger partial charge in [-0.15, -0.1) is 0 Å². The minimum Gasteiger partial charge on any atom is -0.321 e. The number of allylic oxidation sites excluding steroid dienone is 2. The standard InChI is InChI=1S/C19H12F3N3O3/c20-19(21,22)15-9-2-3-10-16(15)24-18(26)14(12-23)8-5-7-13-6-1-4-11-17(13)25(27)28/h1-11H,(H,24,26)/b7-5+,14-8?. The number of halogens is 3. The average molecular weight is 387 g/mol. The zero-order chi connectivity index (χ0) is 20.7. The van der Waals surface area contributed by atoms with Gasteiger partial charge in [-0.2, -0.15) is 18.4 Å². The molecule has 0 radical (unpaired) electrons. The Hall–Kier alpha value is -3.93. The van der Waals surface area contributed by atoms with Gasteiger partial charge in [-0.05, 0) is 30.4 Å². The number of alkyl halides is 3. The molecule has 9 heteroatoms. The number of para-hydroxylation sites is 2. The number of carbonyl (C=O) groups is 1. The molecule has 0 atom stereocenters. The SMILES string of the molecule is N#CC(=C/C=C/c1ccccc1[N+](=O)[O-])C(=O)Nc1ccccc1C(F)(F)F. The van der Waals surface area contributed by atoms with Gasteiger partial charge in [-0.25, -0.2) is 0 Å². The first-order valence-corrected chi connectivity index (χ1v) is 7.73. The highest BCUT2D eigenvalue weighted by molar-refractivity contribution is 6.07. The summed E-state index contributed by atoms with van der Waals surface area (Å²) < 4.78 is 38.9. The lowest BCUT2D eigenvalue weighted by Crippen LogP contribution is -2.17. The zero-order valence-corrected chi connectivity index (χ0v) is 14.1. The monoisotopic (exact) mass is 387 g/mol. The molecule has 2 aromatic rings. The summed E-state index contributed by atoms with van der Waals surface area (Å²) in [6.07, 6.45) is -1.07. The maximum atomic E-state index is 13.0. The summed E-state index contributed by atoms with van der Waals surface area (Å²) in [5.74, 6) is -1.04. The molecule has 0 spiro atoms. The first-order valence-electron chi connectivity index (χ1n) is 7.73. The van der Waals surface area contributed by atoms with E-state index in [0.29, 0.717) is 0 Å². The highest BCUT2D eigenvalue weighted by Crippen LogP contribution is 2.34. The van der Waals surface area contributed by atoms with Gasteiger partial charge in [-0.1, -0.05) is 30.3 Å². The molecular weight excluding hydrogens is 375 g/mol. The van der Waals surface area contributed by atoms with E-state index >= 15 is 0 Å². The second-order valence-corrected chi connectivity index (χ2v) is 5.36. The smallest absolute Gasteiger partial charge is 0.321 e. The second kappa shape index (κ2) is 8.64. The van der Waals surface area contributed by atoms with E-state index in [-0.39, 0.29) is 11.3 Å². The Balaban J connectivity index is 2.24. The first kappa shape index (κ1) is 20.4. The van der Waals surface area contributed by atoms with E-state index in [1.54, 1.807) is 12.1 Å². The molecule has 6 nitrogen and oxygen atoms in total. The molecule has 28 heavy (non-hydrogen) atoms. The molecule has 1 amide bonds. The van der Waals surface area contributed by atoms with Crippen molar-refractivity contribution in [1.82, 2.24) is 0 Å². The summed E-state index contributed by atoms with van der Waals surface area (Å²) in [5.41, 5.74) is -1.93. The van der Waals surface area contributed by atoms with Gasteiger partial charge in [0.05, 0.1) is 21.7 Å². The summed E-state index contributed by atoms with van der Waals surface area (Å²) in [6.45, 7) is 0. The fraction of sp³-hybridized carbons (Fsp3) is 0.0526. The van der Waals surface area contributed by atoms with Crippen molar-refractivity contribution in [3.8, 4) is 6.07 Å². The van der Waals surface area contributed by atoms with E-state index in [9.17, 15) is 28.1 Å². The first-order chi connectivity index (χ1) is 13.2. The van der Waals surface area contributed by atoms with Crippen LogP contribution in [0.25, 0.3) is 6.08 Å². The van der Waals surface area contributed by atoms with Crippen molar-refractivity contribution in [3.05, 3.63) is 87.5 Å². The third kappa shape index (κ3) is 5.04. The van der Waals surface area contributed by atoms with Crippen molar-refractivity contribution < 1.29 is 22.9 Å². The molecule has 0 fully saturated rings. The largest absolute Gasteiger partial charge is 0.418 e. The molecule has 0 aliphatic heterocycles. The van der Waals surface area contributed by atoms with Gasteiger partial charge in [0.1, 0.15) is 11.6 Å². The fourth-order valence-electron chi connectivity index (χ4n) is 2.24. The molecule has 1 N–H and O–H groups in total. The van der Waals surface area contributed by atoms with E-state index in [1.807, 2.05) is 0 Å². The number of carbonyl (C=O) groups excluding carboxylic acids is 1. The van der Waals surface area contributed by atoms with E-state index < -0.39 is 33.8 Å². The Labute approximate surface area is 157 Å². The van der Waals surface area contributed by atoms with Gasteiger partial charge in [0.15, 0.2) is 0 Å². The quantitative estimate of drug-likeness (QED) is 0.264. The van der Waals surface area contributed by atoms with Crippen molar-refractivity contribution in [2.24, 2.45) is 0 Å². The van der Waals surface area contributed by atoms with Crippen LogP contribution in [0.3, 0.4) is 0 Å². The number of benzene rings is 2. The van der Waals surface area contributed by atoms with Crippen LogP contribution in [0.2, 0.25) is 0 Å². The number of anilines is 1. The molecule has 2 aromatic carbocycles. The summed E-state index contributed by atoms with van der Waals surface area (Å²) in [6, 6.07) is 11.8. The van der Waals surface area contributed by atoms with Crippen LogP contribution < -0.4 is 5.32 Å². The molecule has 142 valence electrons. The van der Waals surface area contributed by atoms with Crippen molar-refractivity contribution >= 4 is 23.4 Å². The van der Waals surface area contributed by atoms with Crippen LogP contribution in [0.4, 0.5) is 24.5 Å². The molecule has 0 aromatic heterocycles. The second-order valence-electron chi connectivity index (χ2n) is 5.36. The van der Waals surface area contributed by atoms with Crippen molar-refractivity contribution in [1.29, 1.82) is 5.26 Å². The Bertz CT molecular complexity index is 1010. The Kier molecular flexibility index (Phi) is 6.29. The summed E-state index contributed by atoms with van der Waals surface area (Å²) in [4.78, 5) is 22.5. The molecule has 2 rings (SSSR count). The minimum absolute atomic E-state index is 0.172. The highest BCUT2D eigenvalue weighted by atomic mass is 19.4. The highest BCUT2D eigenvalue weighted by Gasteiger charge is 2.33. The van der Waals surface area contributed by atoms with E-state index in [2.05, 4.69) is 5.32 Å². The molecule has 0 aliphatic carbocycles. The van der Waals surface area contributed by atoms with Gasteiger partial charge >= 0.3 is 6.18 Å². The summed E-state index contributed by atoms with van der Waals surface area (Å²) in [7, 11) is 0. The molecule has 0 aliphatic rings. The fourth-order valence-corrected chi connectivity index (χ4v) is 2.24. The predicted molar refractivity (Wildman–Crippen MR) is 95.9 cm³/mol. The van der Waals surface area contributed by atoms with Crippen LogP contribution in [-0.4, -0.2) is 10.8 Å². The number of nitrogens with one attached hydrogen (secondary N) is 1. The molecular formula is C19H12F3N3O3. The van der Waals surface area contributed by atoms with Crippen molar-refractivity contribution in [2.75, 3.05) is 5.32 Å². The minimum atomic E-state index is -4.67. The summed E-state index contributed by atoms with van der Waals surface area (Å²) in [5, 5.41) is 22.1. The number of amides is 1. The van der Waals surface area contributed by atoms with Gasteiger partial charge in [0.2, 0.25) is 0 Å². The molecule has 0 bridgehead atoms. The lowest BCUT2D eigenvalue weighted by atomic mass is 10.1. The van der Waals surface area contributed by atoms with Crippen molar-refractivity contribution in [3.63, 3.8) is 0 Å². The van der Waals surface area contributed by atoms with Crippen LogP contribution in [0.1, 0.15) is 11.1 Å². The van der Waals surface area contributed by atoms with Gasteiger partial charge in [0.25, 0.3) is 11.6 Å². The lowest BCUT2D eigenvalue weighted by Gasteiger charge is -2.13.